The van der Waals surface area contributed by atoms with Gasteiger partial charge in [-0.3, -0.25) is 15.0 Å². The Hall–Kier alpha value is -3.29. The molecule has 1 aliphatic heterocycles. The summed E-state index contributed by atoms with van der Waals surface area (Å²) in [6, 6.07) is 12.6. The summed E-state index contributed by atoms with van der Waals surface area (Å²) in [4.78, 5) is 12.1. The fourth-order valence-electron chi connectivity index (χ4n) is 5.29. The molecule has 34 heavy (non-hydrogen) atoms. The summed E-state index contributed by atoms with van der Waals surface area (Å²) in [5.41, 5.74) is 9.25. The first kappa shape index (κ1) is 21.3. The maximum atomic E-state index is 9.73. The minimum absolute atomic E-state index is 0.160. The summed E-state index contributed by atoms with van der Waals surface area (Å²) >= 11 is 0. The minimum atomic E-state index is -0.160. The number of H-pyrrole nitrogens is 1. The number of aliphatic hydroxyl groups excluding tert-OH is 1. The average molecular weight is 456 g/mol. The van der Waals surface area contributed by atoms with Gasteiger partial charge >= 0.3 is 0 Å². The number of nitrogens with zero attached hydrogens (tertiary/aromatic N) is 4. The number of hydrogen-bond donors (Lipinski definition) is 2. The maximum Gasteiger partial charge on any atom is 0.147 e. The highest BCUT2D eigenvalue weighted by Crippen LogP contribution is 2.38. The van der Waals surface area contributed by atoms with Crippen LogP contribution in [0.15, 0.2) is 42.6 Å². The Kier molecular flexibility index (Phi) is 5.51. The molecule has 4 heterocycles. The van der Waals surface area contributed by atoms with E-state index in [1.807, 2.05) is 12.3 Å². The number of aromatic nitrogens is 4. The number of fused-ring (bicyclic) bond motifs is 2. The standard InChI is InChI=1S/C27H29N5O2/c1-34-24-14-23-27(29-26(24)22-7-3-5-17-4-2-6-21(17)22)25(31-30-23)18-8-9-19(28-15-18)16-32-12-10-20(33)11-13-32/h3,5,7-9,14-15,20,33H,2,4,6,10-13,16H2,1H3,(H,30,31). The van der Waals surface area contributed by atoms with Gasteiger partial charge in [-0.2, -0.15) is 5.10 Å². The second-order valence-corrected chi connectivity index (χ2v) is 9.35. The van der Waals surface area contributed by atoms with E-state index in [4.69, 9.17) is 14.7 Å². The molecule has 4 aromatic rings. The molecule has 0 atom stereocenters. The molecule has 174 valence electrons. The lowest BCUT2D eigenvalue weighted by molar-refractivity contribution is 0.0787. The largest absolute Gasteiger partial charge is 0.494 e. The Labute approximate surface area is 198 Å². The van der Waals surface area contributed by atoms with Crippen molar-refractivity contribution >= 4 is 11.0 Å². The molecular formula is C27H29N5O2. The van der Waals surface area contributed by atoms with Crippen molar-refractivity contribution in [3.8, 4) is 28.3 Å². The number of pyridine rings is 2. The SMILES string of the molecule is COc1cc2[nH]nc(-c3ccc(CN4CCC(O)CC4)nc3)c2nc1-c1cccc2c1CCC2. The van der Waals surface area contributed by atoms with E-state index < -0.39 is 0 Å². The van der Waals surface area contributed by atoms with E-state index in [0.717, 1.165) is 90.3 Å². The zero-order chi connectivity index (χ0) is 23.1. The van der Waals surface area contributed by atoms with Crippen LogP contribution in [0.3, 0.4) is 0 Å². The molecular weight excluding hydrogens is 426 g/mol. The van der Waals surface area contributed by atoms with Crippen LogP contribution in [-0.2, 0) is 19.4 Å². The molecule has 1 aliphatic carbocycles. The average Bonchev–Trinajstić information content (AvgIpc) is 3.52. The van der Waals surface area contributed by atoms with Crippen LogP contribution in [0.5, 0.6) is 5.75 Å². The van der Waals surface area contributed by atoms with Crippen LogP contribution in [0.2, 0.25) is 0 Å². The summed E-state index contributed by atoms with van der Waals surface area (Å²) < 4.78 is 5.73. The van der Waals surface area contributed by atoms with Gasteiger partial charge in [-0.25, -0.2) is 4.98 Å². The number of methoxy groups -OCH3 is 1. The van der Waals surface area contributed by atoms with Crippen molar-refractivity contribution in [2.24, 2.45) is 0 Å². The van der Waals surface area contributed by atoms with Gasteiger partial charge < -0.3 is 9.84 Å². The zero-order valence-electron chi connectivity index (χ0n) is 19.4. The molecule has 6 rings (SSSR count). The van der Waals surface area contributed by atoms with Gasteiger partial charge in [0.2, 0.25) is 0 Å². The van der Waals surface area contributed by atoms with E-state index in [9.17, 15) is 5.11 Å². The molecule has 2 aliphatic rings. The van der Waals surface area contributed by atoms with Crippen LogP contribution in [-0.4, -0.2) is 56.5 Å². The third-order valence-corrected chi connectivity index (χ3v) is 7.16. The molecule has 0 spiro atoms. The van der Waals surface area contributed by atoms with Crippen molar-refractivity contribution in [2.45, 2.75) is 44.8 Å². The Morgan fingerprint density at radius 3 is 2.79 bits per heavy atom. The van der Waals surface area contributed by atoms with Gasteiger partial charge in [-0.05, 0) is 55.4 Å². The lowest BCUT2D eigenvalue weighted by atomic mass is 9.99. The highest BCUT2D eigenvalue weighted by atomic mass is 16.5. The second kappa shape index (κ2) is 8.81. The smallest absolute Gasteiger partial charge is 0.147 e. The number of piperidine rings is 1. The number of aromatic amines is 1. The minimum Gasteiger partial charge on any atom is -0.494 e. The fourth-order valence-corrected chi connectivity index (χ4v) is 5.29. The Morgan fingerprint density at radius 2 is 2.00 bits per heavy atom. The second-order valence-electron chi connectivity index (χ2n) is 9.35. The van der Waals surface area contributed by atoms with Gasteiger partial charge in [-0.1, -0.05) is 18.2 Å². The number of hydrogen-bond acceptors (Lipinski definition) is 6. The van der Waals surface area contributed by atoms with Gasteiger partial charge in [0.1, 0.15) is 22.7 Å². The summed E-state index contributed by atoms with van der Waals surface area (Å²) in [7, 11) is 1.69. The third kappa shape index (κ3) is 3.85. The molecule has 0 bridgehead atoms. The van der Waals surface area contributed by atoms with E-state index >= 15 is 0 Å². The van der Waals surface area contributed by atoms with Crippen LogP contribution in [0, 0.1) is 0 Å². The molecule has 0 unspecified atom stereocenters. The zero-order valence-corrected chi connectivity index (χ0v) is 19.4. The fraction of sp³-hybridized carbons (Fsp3) is 0.370. The Balaban J connectivity index is 1.34. The van der Waals surface area contributed by atoms with Crippen molar-refractivity contribution < 1.29 is 9.84 Å². The van der Waals surface area contributed by atoms with Crippen LogP contribution in [0.1, 0.15) is 36.1 Å². The lowest BCUT2D eigenvalue weighted by Crippen LogP contribution is -2.35. The van der Waals surface area contributed by atoms with Crippen LogP contribution in [0.4, 0.5) is 0 Å². The molecule has 7 heteroatoms. The third-order valence-electron chi connectivity index (χ3n) is 7.16. The predicted octanol–water partition coefficient (Wildman–Crippen LogP) is 4.14. The van der Waals surface area contributed by atoms with Gasteiger partial charge in [0.25, 0.3) is 0 Å². The number of nitrogens with one attached hydrogen (secondary N) is 1. The molecule has 1 fully saturated rings. The number of ether oxygens (including phenoxy) is 1. The summed E-state index contributed by atoms with van der Waals surface area (Å²) in [6.45, 7) is 2.62. The van der Waals surface area contributed by atoms with Gasteiger partial charge in [0.15, 0.2) is 0 Å². The van der Waals surface area contributed by atoms with Crippen molar-refractivity contribution in [3.63, 3.8) is 0 Å². The number of likely N-dealkylation sites (tertiary alicyclic amines) is 1. The predicted molar refractivity (Wildman–Crippen MR) is 132 cm³/mol. The van der Waals surface area contributed by atoms with E-state index in [0.29, 0.717) is 0 Å². The Morgan fingerprint density at radius 1 is 1.12 bits per heavy atom. The van der Waals surface area contributed by atoms with Gasteiger partial charge in [0.05, 0.1) is 24.4 Å². The lowest BCUT2D eigenvalue weighted by Gasteiger charge is -2.29. The van der Waals surface area contributed by atoms with Crippen LogP contribution < -0.4 is 4.74 Å². The molecule has 2 N–H and O–H groups in total. The molecule has 1 saturated heterocycles. The van der Waals surface area contributed by atoms with E-state index in [2.05, 4.69) is 45.4 Å². The quantitative estimate of drug-likeness (QED) is 0.470. The first-order chi connectivity index (χ1) is 16.7. The highest BCUT2D eigenvalue weighted by molar-refractivity contribution is 5.93. The molecule has 3 aromatic heterocycles. The summed E-state index contributed by atoms with van der Waals surface area (Å²) in [5.74, 6) is 0.753. The van der Waals surface area contributed by atoms with Crippen molar-refractivity contribution in [1.82, 2.24) is 25.1 Å². The molecule has 0 amide bonds. The van der Waals surface area contributed by atoms with E-state index in [1.54, 1.807) is 7.11 Å². The summed E-state index contributed by atoms with van der Waals surface area (Å²) in [6.07, 6.45) is 6.78. The molecule has 0 saturated carbocycles. The monoisotopic (exact) mass is 455 g/mol. The van der Waals surface area contributed by atoms with Crippen molar-refractivity contribution in [2.75, 3.05) is 20.2 Å². The van der Waals surface area contributed by atoms with E-state index in [-0.39, 0.29) is 6.10 Å². The van der Waals surface area contributed by atoms with Crippen molar-refractivity contribution in [1.29, 1.82) is 0 Å². The number of benzene rings is 1. The van der Waals surface area contributed by atoms with Crippen LogP contribution in [0.25, 0.3) is 33.5 Å². The van der Waals surface area contributed by atoms with E-state index in [1.165, 1.54) is 17.5 Å². The summed E-state index contributed by atoms with van der Waals surface area (Å²) in [5, 5.41) is 17.4. The van der Waals surface area contributed by atoms with Gasteiger partial charge in [0, 0.05) is 43.0 Å². The maximum absolute atomic E-state index is 9.73. The number of rotatable bonds is 5. The van der Waals surface area contributed by atoms with Gasteiger partial charge in [-0.15, -0.1) is 0 Å². The highest BCUT2D eigenvalue weighted by Gasteiger charge is 2.22. The normalized spacial score (nSPS) is 16.8. The number of aryl methyl sites for hydroxylation is 1. The van der Waals surface area contributed by atoms with Crippen LogP contribution >= 0.6 is 0 Å². The molecule has 1 aromatic carbocycles. The number of aliphatic hydroxyl groups is 1. The Bertz CT molecular complexity index is 1320. The molecule has 7 nitrogen and oxygen atoms in total. The molecule has 0 radical (unpaired) electrons. The first-order valence-electron chi connectivity index (χ1n) is 12.1. The van der Waals surface area contributed by atoms with Crippen molar-refractivity contribution in [3.05, 3.63) is 59.4 Å². The topological polar surface area (TPSA) is 87.2 Å². The first-order valence-corrected chi connectivity index (χ1v) is 12.1.